The molecule has 0 saturated carbocycles. The Labute approximate surface area is 303 Å². The molecule has 0 N–H and O–H groups in total. The Morgan fingerprint density at radius 1 is 0.882 bits per heavy atom. The maximum absolute atomic E-state index is 11.9. The third kappa shape index (κ3) is 5.65. The summed E-state index contributed by atoms with van der Waals surface area (Å²) in [5, 5.41) is 15.0. The van der Waals surface area contributed by atoms with E-state index in [4.69, 9.17) is 11.6 Å². The number of rotatable bonds is 5. The van der Waals surface area contributed by atoms with Crippen LogP contribution in [0, 0.1) is 0 Å². The van der Waals surface area contributed by atoms with Gasteiger partial charge in [-0.05, 0) is 123 Å². The fraction of sp³-hybridized carbons (Fsp3) is 0.262. The van der Waals surface area contributed by atoms with Crippen LogP contribution in [0.4, 0.5) is 5.69 Å². The van der Waals surface area contributed by atoms with Crippen LogP contribution in [0.25, 0.3) is 27.1 Å². The Morgan fingerprint density at radius 2 is 1.57 bits per heavy atom. The SMILES string of the molecule is CC1=C(/C=C/C2=C(Cl)C(=C/C=C3/N(C)c4ccc5cc(S(=O)(=O)[O-])ccc5c4C3(C)C)CCC2)C(C)(C)c2c1ccc1cc(C(=O)O[O-])ccc21. The minimum Gasteiger partial charge on any atom is -0.744 e. The van der Waals surface area contributed by atoms with Crippen molar-refractivity contribution in [2.75, 3.05) is 11.9 Å². The zero-order valence-corrected chi connectivity index (χ0v) is 31.0. The van der Waals surface area contributed by atoms with Crippen molar-refractivity contribution >= 4 is 60.5 Å². The molecule has 1 aliphatic heterocycles. The Bertz CT molecular complexity index is 2460. The van der Waals surface area contributed by atoms with Gasteiger partial charge >= 0.3 is 5.97 Å². The van der Waals surface area contributed by atoms with Gasteiger partial charge in [0.05, 0.1) is 10.5 Å². The molecule has 0 amide bonds. The highest BCUT2D eigenvalue weighted by Crippen LogP contribution is 2.51. The molecule has 9 heteroatoms. The normalized spacial score (nSPS) is 20.0. The lowest BCUT2D eigenvalue weighted by Gasteiger charge is -2.25. The van der Waals surface area contributed by atoms with Crippen molar-refractivity contribution < 1.29 is 27.9 Å². The summed E-state index contributed by atoms with van der Waals surface area (Å²) < 4.78 is 35.0. The van der Waals surface area contributed by atoms with Gasteiger partial charge in [-0.25, -0.2) is 13.2 Å². The van der Waals surface area contributed by atoms with E-state index in [9.17, 15) is 23.0 Å². The second-order valence-electron chi connectivity index (χ2n) is 14.7. The lowest BCUT2D eigenvalue weighted by molar-refractivity contribution is -0.653. The molecule has 51 heavy (non-hydrogen) atoms. The standard InChI is InChI=1S/C42H40ClNO6S/c1-24-31-16-10-27-22-29(40(45)50-46)11-17-32(27)37(31)41(2,3)34(24)19-12-25-8-7-9-26(39(25)43)14-21-36-42(4,5)38-33-18-15-30(51(47,48)49)23-28(33)13-20-35(38)44(36)6/h10-23,46H,7-9H2,1-6H3,(H,47,48,49)/p-2/b19-12+,26-14?,36-21+. The monoisotopic (exact) mass is 719 g/mol. The summed E-state index contributed by atoms with van der Waals surface area (Å²) in [5.74, 6) is -0.896. The van der Waals surface area contributed by atoms with Gasteiger partial charge < -0.3 is 19.6 Å². The Morgan fingerprint density at radius 3 is 2.29 bits per heavy atom. The number of allylic oxidation sites excluding steroid dienone is 10. The quantitative estimate of drug-likeness (QED) is 0.115. The van der Waals surface area contributed by atoms with Crippen LogP contribution in [0.3, 0.4) is 0 Å². The highest BCUT2D eigenvalue weighted by atomic mass is 35.5. The molecular formula is C42H38ClNO6S-2. The number of fused-ring (bicyclic) bond motifs is 6. The summed E-state index contributed by atoms with van der Waals surface area (Å²) in [4.78, 5) is 17.5. The Balaban J connectivity index is 1.20. The number of carbonyl (C=O) groups is 1. The molecule has 0 spiro atoms. The average Bonchev–Trinajstić information content (AvgIpc) is 3.42. The summed E-state index contributed by atoms with van der Waals surface area (Å²) in [6.45, 7) is 10.9. The zero-order chi connectivity index (χ0) is 36.6. The predicted molar refractivity (Wildman–Crippen MR) is 200 cm³/mol. The van der Waals surface area contributed by atoms with Crippen LogP contribution in [0.15, 0.2) is 117 Å². The maximum atomic E-state index is 11.9. The maximum Gasteiger partial charge on any atom is 0.332 e. The highest BCUT2D eigenvalue weighted by molar-refractivity contribution is 7.85. The molecule has 0 bridgehead atoms. The molecule has 4 aromatic rings. The summed E-state index contributed by atoms with van der Waals surface area (Å²) in [6.07, 6.45) is 11.3. The van der Waals surface area contributed by atoms with E-state index in [1.807, 2.05) is 31.3 Å². The smallest absolute Gasteiger partial charge is 0.332 e. The zero-order valence-electron chi connectivity index (χ0n) is 29.4. The number of carbonyl (C=O) groups excluding carboxylic acids is 1. The second kappa shape index (κ2) is 12.3. The van der Waals surface area contributed by atoms with Gasteiger partial charge in [-0.1, -0.05) is 87.9 Å². The number of likely N-dealkylation sites (N-methyl/N-ethyl adjacent to an activating group) is 1. The average molecular weight is 720 g/mol. The number of hydrogen-bond donors (Lipinski definition) is 0. The van der Waals surface area contributed by atoms with E-state index in [2.05, 4.69) is 74.8 Å². The van der Waals surface area contributed by atoms with Crippen LogP contribution >= 0.6 is 11.6 Å². The van der Waals surface area contributed by atoms with Crippen molar-refractivity contribution in [3.63, 3.8) is 0 Å². The van der Waals surface area contributed by atoms with Crippen molar-refractivity contribution in [3.05, 3.63) is 135 Å². The minimum absolute atomic E-state index is 0.229. The predicted octanol–water partition coefficient (Wildman–Crippen LogP) is 8.86. The van der Waals surface area contributed by atoms with Crippen LogP contribution in [-0.4, -0.2) is 26.0 Å². The fourth-order valence-corrected chi connectivity index (χ4v) is 9.35. The van der Waals surface area contributed by atoms with E-state index in [1.54, 1.807) is 18.2 Å². The van der Waals surface area contributed by atoms with Gasteiger partial charge in [0.2, 0.25) is 0 Å². The lowest BCUT2D eigenvalue weighted by atomic mass is 9.78. The van der Waals surface area contributed by atoms with Crippen molar-refractivity contribution in [1.29, 1.82) is 0 Å². The molecule has 3 aliphatic rings. The van der Waals surface area contributed by atoms with Gasteiger partial charge in [0.25, 0.3) is 0 Å². The number of halogens is 1. The molecule has 0 aromatic heterocycles. The van der Waals surface area contributed by atoms with E-state index < -0.39 is 21.5 Å². The van der Waals surface area contributed by atoms with Gasteiger partial charge in [0, 0.05) is 34.3 Å². The Kier molecular flexibility index (Phi) is 8.46. The van der Waals surface area contributed by atoms with Crippen molar-refractivity contribution in [2.45, 2.75) is 69.6 Å². The molecule has 7 nitrogen and oxygen atoms in total. The first-order chi connectivity index (χ1) is 24.0. The molecule has 262 valence electrons. The molecule has 0 saturated heterocycles. The number of benzene rings is 4. The van der Waals surface area contributed by atoms with Crippen molar-refractivity contribution in [2.24, 2.45) is 0 Å². The van der Waals surface area contributed by atoms with Crippen LogP contribution in [0.1, 0.15) is 80.9 Å². The third-order valence-corrected chi connectivity index (χ3v) is 12.3. The second-order valence-corrected chi connectivity index (χ2v) is 16.5. The molecule has 1 heterocycles. The number of nitrogens with zero attached hydrogens (tertiary/aromatic N) is 1. The number of anilines is 1. The molecule has 7 rings (SSSR count). The van der Waals surface area contributed by atoms with Crippen LogP contribution in [0.5, 0.6) is 0 Å². The van der Waals surface area contributed by atoms with Crippen LogP contribution in [-0.2, 0) is 25.8 Å². The first-order valence-electron chi connectivity index (χ1n) is 16.9. The molecule has 0 atom stereocenters. The van der Waals surface area contributed by atoms with E-state index >= 15 is 0 Å². The molecular weight excluding hydrogens is 682 g/mol. The van der Waals surface area contributed by atoms with Gasteiger partial charge in [0.15, 0.2) is 0 Å². The fourth-order valence-electron chi connectivity index (χ4n) is 8.53. The lowest BCUT2D eigenvalue weighted by Crippen LogP contribution is -2.22. The molecule has 4 aromatic carbocycles. The van der Waals surface area contributed by atoms with E-state index in [1.165, 1.54) is 28.8 Å². The van der Waals surface area contributed by atoms with Crippen LogP contribution in [0.2, 0.25) is 0 Å². The third-order valence-electron chi connectivity index (χ3n) is 11.0. The number of hydrogen-bond acceptors (Lipinski definition) is 7. The minimum atomic E-state index is -4.56. The first kappa shape index (κ1) is 35.0. The van der Waals surface area contributed by atoms with Gasteiger partial charge in [0.1, 0.15) is 10.1 Å². The summed E-state index contributed by atoms with van der Waals surface area (Å²) >= 11 is 7.14. The summed E-state index contributed by atoms with van der Waals surface area (Å²) in [6, 6.07) is 17.7. The van der Waals surface area contributed by atoms with Crippen molar-refractivity contribution in [1.82, 2.24) is 0 Å². The molecule has 0 radical (unpaired) electrons. The molecule has 2 aliphatic carbocycles. The largest absolute Gasteiger partial charge is 0.744 e. The van der Waals surface area contributed by atoms with Crippen LogP contribution < -0.4 is 10.2 Å². The van der Waals surface area contributed by atoms with E-state index in [0.717, 1.165) is 74.1 Å². The molecule has 0 fully saturated rings. The van der Waals surface area contributed by atoms with Gasteiger partial charge in [-0.3, -0.25) is 0 Å². The van der Waals surface area contributed by atoms with Gasteiger partial charge in [-0.15, -0.1) is 0 Å². The highest BCUT2D eigenvalue weighted by Gasteiger charge is 2.40. The molecule has 0 unspecified atom stereocenters. The Hall–Kier alpha value is -4.47. The topological polar surface area (TPSA) is 110 Å². The van der Waals surface area contributed by atoms with E-state index in [-0.39, 0.29) is 15.9 Å². The van der Waals surface area contributed by atoms with Crippen molar-refractivity contribution in [3.8, 4) is 0 Å². The van der Waals surface area contributed by atoms with Gasteiger partial charge in [-0.2, -0.15) is 0 Å². The summed E-state index contributed by atoms with van der Waals surface area (Å²) in [7, 11) is -2.52. The first-order valence-corrected chi connectivity index (χ1v) is 18.7. The summed E-state index contributed by atoms with van der Waals surface area (Å²) in [5.41, 5.74) is 9.60. The van der Waals surface area contributed by atoms with E-state index in [0.29, 0.717) is 5.39 Å².